The molecule has 0 radical (unpaired) electrons. The Bertz CT molecular complexity index is 427. The van der Waals surface area contributed by atoms with E-state index in [0.717, 1.165) is 29.6 Å². The van der Waals surface area contributed by atoms with E-state index in [0.29, 0.717) is 12.0 Å². The van der Waals surface area contributed by atoms with Crippen molar-refractivity contribution in [2.75, 3.05) is 0 Å². The van der Waals surface area contributed by atoms with Crippen molar-refractivity contribution < 1.29 is 0 Å². The minimum atomic E-state index is 0.323. The Labute approximate surface area is 121 Å². The Morgan fingerprint density at radius 3 is 2.74 bits per heavy atom. The monoisotopic (exact) mass is 283 g/mol. The third kappa shape index (κ3) is 3.32. The average molecular weight is 284 g/mol. The first-order valence-corrected chi connectivity index (χ1v) is 7.84. The smallest absolute Gasteiger partial charge is 0.130 e. The molecule has 1 saturated carbocycles. The lowest BCUT2D eigenvalue weighted by Crippen LogP contribution is -2.37. The zero-order valence-corrected chi connectivity index (χ0v) is 13.1. The molecule has 1 aliphatic rings. The Morgan fingerprint density at radius 1 is 1.42 bits per heavy atom. The summed E-state index contributed by atoms with van der Waals surface area (Å²) in [6.45, 7) is 4.31. The molecule has 1 aliphatic carbocycles. The predicted octanol–water partition coefficient (Wildman–Crippen LogP) is 3.47. The molecule has 3 nitrogen and oxygen atoms in total. The minimum absolute atomic E-state index is 0.323. The van der Waals surface area contributed by atoms with Crippen LogP contribution in [-0.4, -0.2) is 15.8 Å². The van der Waals surface area contributed by atoms with Gasteiger partial charge in [0.25, 0.3) is 0 Å². The number of rotatable bonds is 4. The molecule has 0 spiro atoms. The average Bonchev–Trinajstić information content (AvgIpc) is 2.60. The summed E-state index contributed by atoms with van der Waals surface area (Å²) in [7, 11) is 1.90. The highest BCUT2D eigenvalue weighted by molar-refractivity contribution is 6.30. The quantitative estimate of drug-likeness (QED) is 0.919. The van der Waals surface area contributed by atoms with Crippen LogP contribution >= 0.6 is 11.6 Å². The van der Waals surface area contributed by atoms with E-state index in [1.807, 2.05) is 14.0 Å². The van der Waals surface area contributed by atoms with Gasteiger partial charge in [-0.2, -0.15) is 5.10 Å². The molecule has 2 rings (SSSR count). The van der Waals surface area contributed by atoms with E-state index in [-0.39, 0.29) is 0 Å². The number of aromatic nitrogens is 2. The van der Waals surface area contributed by atoms with Crippen LogP contribution in [0.4, 0.5) is 0 Å². The van der Waals surface area contributed by atoms with Crippen molar-refractivity contribution in [3.05, 3.63) is 16.4 Å². The van der Waals surface area contributed by atoms with Gasteiger partial charge < -0.3 is 5.73 Å². The van der Waals surface area contributed by atoms with E-state index in [9.17, 15) is 0 Å². The Hall–Kier alpha value is -0.540. The summed E-state index contributed by atoms with van der Waals surface area (Å²) < 4.78 is 1.77. The van der Waals surface area contributed by atoms with Gasteiger partial charge in [-0.25, -0.2) is 0 Å². The summed E-state index contributed by atoms with van der Waals surface area (Å²) in [6.07, 6.45) is 7.30. The van der Waals surface area contributed by atoms with Crippen LogP contribution < -0.4 is 5.73 Å². The molecule has 3 atom stereocenters. The third-order valence-corrected chi connectivity index (χ3v) is 5.06. The lowest BCUT2D eigenvalue weighted by atomic mass is 9.74. The predicted molar refractivity (Wildman–Crippen MR) is 80.4 cm³/mol. The van der Waals surface area contributed by atoms with Crippen molar-refractivity contribution in [2.24, 2.45) is 24.6 Å². The highest BCUT2D eigenvalue weighted by Gasteiger charge is 2.29. The normalized spacial score (nSPS) is 27.7. The largest absolute Gasteiger partial charge is 0.327 e. The van der Waals surface area contributed by atoms with Crippen molar-refractivity contribution in [3.8, 4) is 0 Å². The van der Waals surface area contributed by atoms with Crippen LogP contribution in [0.15, 0.2) is 0 Å². The van der Waals surface area contributed by atoms with Gasteiger partial charge >= 0.3 is 0 Å². The van der Waals surface area contributed by atoms with Crippen molar-refractivity contribution >= 4 is 11.6 Å². The van der Waals surface area contributed by atoms with Gasteiger partial charge in [0.05, 0.1) is 5.69 Å². The van der Waals surface area contributed by atoms with Gasteiger partial charge in [0.2, 0.25) is 0 Å². The fraction of sp³-hybridized carbons (Fsp3) is 0.800. The number of hydrogen-bond donors (Lipinski definition) is 1. The second-order valence-corrected chi connectivity index (χ2v) is 6.43. The standard InChI is InChI=1S/C15H26ClN3/c1-4-5-11-6-7-14(17)12(8-11)9-13-10(2)18-19(3)15(13)16/h11-12,14H,4-9,17H2,1-3H3. The van der Waals surface area contributed by atoms with E-state index in [1.54, 1.807) is 4.68 Å². The first-order chi connectivity index (χ1) is 9.02. The van der Waals surface area contributed by atoms with Crippen molar-refractivity contribution in [2.45, 2.75) is 58.4 Å². The van der Waals surface area contributed by atoms with Crippen LogP contribution in [0.2, 0.25) is 5.15 Å². The molecule has 0 amide bonds. The minimum Gasteiger partial charge on any atom is -0.327 e. The molecule has 1 aromatic heterocycles. The van der Waals surface area contributed by atoms with Crippen LogP contribution in [-0.2, 0) is 13.5 Å². The summed E-state index contributed by atoms with van der Waals surface area (Å²) >= 11 is 6.34. The summed E-state index contributed by atoms with van der Waals surface area (Å²) in [6, 6.07) is 0.323. The number of aryl methyl sites for hydroxylation is 2. The lowest BCUT2D eigenvalue weighted by molar-refractivity contribution is 0.221. The van der Waals surface area contributed by atoms with Gasteiger partial charge in [0, 0.05) is 18.7 Å². The van der Waals surface area contributed by atoms with Gasteiger partial charge in [-0.3, -0.25) is 4.68 Å². The molecule has 0 aromatic carbocycles. The Balaban J connectivity index is 2.07. The van der Waals surface area contributed by atoms with Crippen molar-refractivity contribution in [1.29, 1.82) is 0 Å². The second kappa shape index (κ2) is 6.27. The zero-order valence-electron chi connectivity index (χ0n) is 12.3. The Morgan fingerprint density at radius 2 is 2.16 bits per heavy atom. The van der Waals surface area contributed by atoms with E-state index in [4.69, 9.17) is 17.3 Å². The fourth-order valence-corrected chi connectivity index (χ4v) is 3.71. The topological polar surface area (TPSA) is 43.8 Å². The molecule has 0 bridgehead atoms. The SMILES string of the molecule is CCCC1CCC(N)C(Cc2c(C)nn(C)c2Cl)C1. The van der Waals surface area contributed by atoms with Crippen molar-refractivity contribution in [1.82, 2.24) is 9.78 Å². The Kier molecular flexibility index (Phi) is 4.91. The maximum Gasteiger partial charge on any atom is 0.130 e. The van der Waals surface area contributed by atoms with Crippen LogP contribution in [0.1, 0.15) is 50.3 Å². The summed E-state index contributed by atoms with van der Waals surface area (Å²) in [5.74, 6) is 1.41. The van der Waals surface area contributed by atoms with Gasteiger partial charge in [-0.15, -0.1) is 0 Å². The van der Waals surface area contributed by atoms with Crippen LogP contribution in [0, 0.1) is 18.8 Å². The summed E-state index contributed by atoms with van der Waals surface area (Å²) in [5, 5.41) is 5.18. The first kappa shape index (κ1) is 14.9. The van der Waals surface area contributed by atoms with Gasteiger partial charge in [-0.1, -0.05) is 31.4 Å². The number of halogens is 1. The van der Waals surface area contributed by atoms with E-state index < -0.39 is 0 Å². The van der Waals surface area contributed by atoms with Gasteiger partial charge in [0.1, 0.15) is 5.15 Å². The number of hydrogen-bond acceptors (Lipinski definition) is 2. The molecule has 108 valence electrons. The first-order valence-electron chi connectivity index (χ1n) is 7.46. The summed E-state index contributed by atoms with van der Waals surface area (Å²) in [5.41, 5.74) is 8.57. The maximum atomic E-state index is 6.34. The molecule has 0 aliphatic heterocycles. The van der Waals surface area contributed by atoms with Gasteiger partial charge in [-0.05, 0) is 44.4 Å². The molecule has 1 aromatic rings. The van der Waals surface area contributed by atoms with Crippen molar-refractivity contribution in [3.63, 3.8) is 0 Å². The highest BCUT2D eigenvalue weighted by atomic mass is 35.5. The van der Waals surface area contributed by atoms with Crippen LogP contribution in [0.25, 0.3) is 0 Å². The van der Waals surface area contributed by atoms with E-state index >= 15 is 0 Å². The van der Waals surface area contributed by atoms with E-state index in [1.165, 1.54) is 31.2 Å². The number of nitrogens with two attached hydrogens (primary N) is 1. The molecule has 0 saturated heterocycles. The third-order valence-electron chi connectivity index (χ3n) is 4.58. The molecule has 19 heavy (non-hydrogen) atoms. The van der Waals surface area contributed by atoms with Crippen LogP contribution in [0.3, 0.4) is 0 Å². The number of nitrogens with zero attached hydrogens (tertiary/aromatic N) is 2. The van der Waals surface area contributed by atoms with Gasteiger partial charge in [0.15, 0.2) is 0 Å². The summed E-state index contributed by atoms with van der Waals surface area (Å²) in [4.78, 5) is 0. The van der Waals surface area contributed by atoms with Crippen LogP contribution in [0.5, 0.6) is 0 Å². The maximum absolute atomic E-state index is 6.34. The fourth-order valence-electron chi connectivity index (χ4n) is 3.46. The molecular formula is C15H26ClN3. The molecule has 2 N–H and O–H groups in total. The molecule has 1 fully saturated rings. The molecule has 1 heterocycles. The second-order valence-electron chi connectivity index (χ2n) is 6.07. The molecular weight excluding hydrogens is 258 g/mol. The highest BCUT2D eigenvalue weighted by Crippen LogP contribution is 2.35. The zero-order chi connectivity index (χ0) is 14.0. The van der Waals surface area contributed by atoms with E-state index in [2.05, 4.69) is 12.0 Å². The molecule has 3 unspecified atom stereocenters. The lowest BCUT2D eigenvalue weighted by Gasteiger charge is -2.34. The molecule has 4 heteroatoms.